The van der Waals surface area contributed by atoms with Gasteiger partial charge in [0.2, 0.25) is 0 Å². The molecule has 5 heteroatoms. The number of carbonyl (C=O) groups excluding carboxylic acids is 1. The molecule has 132 valence electrons. The Morgan fingerprint density at radius 2 is 1.96 bits per heavy atom. The van der Waals surface area contributed by atoms with Crippen LogP contribution in [0.1, 0.15) is 16.8 Å². The largest absolute Gasteiger partial charge is 0.497 e. The number of para-hydroxylation sites is 1. The maximum atomic E-state index is 13.1. The molecule has 2 aromatic carbocycles. The average Bonchev–Trinajstić information content (AvgIpc) is 3.13. The number of likely N-dealkylation sites (tertiary alicyclic amines) is 1. The smallest absolute Gasteiger partial charge is 0.254 e. The predicted molar refractivity (Wildman–Crippen MR) is 100 cm³/mol. The molecule has 3 aromatic rings. The molecule has 26 heavy (non-hydrogen) atoms. The van der Waals surface area contributed by atoms with Crippen molar-refractivity contribution in [1.29, 1.82) is 0 Å². The van der Waals surface area contributed by atoms with E-state index in [1.165, 1.54) is 0 Å². The lowest BCUT2D eigenvalue weighted by Gasteiger charge is -2.17. The van der Waals surface area contributed by atoms with Crippen molar-refractivity contribution >= 4 is 16.8 Å². The number of aliphatic hydroxyl groups excluding tert-OH is 1. The minimum Gasteiger partial charge on any atom is -0.497 e. The normalized spacial score (nSPS) is 16.8. The summed E-state index contributed by atoms with van der Waals surface area (Å²) in [6.07, 6.45) is 0.188. The summed E-state index contributed by atoms with van der Waals surface area (Å²) in [4.78, 5) is 19.5. The fourth-order valence-corrected chi connectivity index (χ4v) is 3.36. The van der Waals surface area contributed by atoms with Crippen molar-refractivity contribution in [3.05, 3.63) is 60.2 Å². The van der Waals surface area contributed by atoms with E-state index in [0.717, 1.165) is 27.9 Å². The van der Waals surface area contributed by atoms with Gasteiger partial charge in [0.1, 0.15) is 5.75 Å². The minimum absolute atomic E-state index is 0.0603. The Balaban J connectivity index is 1.81. The van der Waals surface area contributed by atoms with E-state index in [0.29, 0.717) is 25.1 Å². The highest BCUT2D eigenvalue weighted by molar-refractivity contribution is 6.07. The lowest BCUT2D eigenvalue weighted by Crippen LogP contribution is -2.29. The third kappa shape index (κ3) is 3.02. The summed E-state index contributed by atoms with van der Waals surface area (Å²) in [6, 6.07) is 17.1. The molecule has 1 aliphatic rings. The van der Waals surface area contributed by atoms with Crippen molar-refractivity contribution in [1.82, 2.24) is 9.88 Å². The number of methoxy groups -OCH3 is 1. The molecule has 1 saturated heterocycles. The summed E-state index contributed by atoms with van der Waals surface area (Å²) in [5.41, 5.74) is 3.07. The number of ether oxygens (including phenoxy) is 1. The van der Waals surface area contributed by atoms with E-state index in [9.17, 15) is 9.90 Å². The standard InChI is InChI=1S/C21H20N2O3/c1-26-16-8-6-14(7-9-16)20-12-18(17-4-2-3-5-19(17)22-20)21(25)23-11-10-15(24)13-23/h2-9,12,15,24H,10-11,13H2,1H3/t15-/m1/s1. The molecule has 4 rings (SSSR count). The first-order chi connectivity index (χ1) is 12.7. The number of hydrogen-bond acceptors (Lipinski definition) is 4. The van der Waals surface area contributed by atoms with Crippen molar-refractivity contribution in [2.75, 3.05) is 20.2 Å². The minimum atomic E-state index is -0.437. The van der Waals surface area contributed by atoms with Crippen LogP contribution in [0.25, 0.3) is 22.2 Å². The summed E-state index contributed by atoms with van der Waals surface area (Å²) in [6.45, 7) is 0.960. The molecule has 1 fully saturated rings. The van der Waals surface area contributed by atoms with Crippen LogP contribution in [0.15, 0.2) is 54.6 Å². The number of carbonyl (C=O) groups is 1. The van der Waals surface area contributed by atoms with Crippen LogP contribution in [0.4, 0.5) is 0 Å². The first-order valence-electron chi connectivity index (χ1n) is 8.67. The second kappa shape index (κ2) is 6.77. The van der Waals surface area contributed by atoms with Gasteiger partial charge in [-0.15, -0.1) is 0 Å². The Bertz CT molecular complexity index is 953. The molecule has 5 nitrogen and oxygen atoms in total. The monoisotopic (exact) mass is 348 g/mol. The van der Waals surface area contributed by atoms with Gasteiger partial charge >= 0.3 is 0 Å². The molecule has 0 unspecified atom stereocenters. The lowest BCUT2D eigenvalue weighted by molar-refractivity contribution is 0.0767. The van der Waals surface area contributed by atoms with Crippen LogP contribution in [0.2, 0.25) is 0 Å². The number of amides is 1. The number of benzene rings is 2. The number of fused-ring (bicyclic) bond motifs is 1. The van der Waals surface area contributed by atoms with Crippen molar-refractivity contribution in [2.24, 2.45) is 0 Å². The van der Waals surface area contributed by atoms with Gasteiger partial charge in [0.15, 0.2) is 0 Å². The molecular weight excluding hydrogens is 328 g/mol. The number of pyridine rings is 1. The summed E-state index contributed by atoms with van der Waals surface area (Å²) in [7, 11) is 1.63. The second-order valence-corrected chi connectivity index (χ2v) is 6.49. The quantitative estimate of drug-likeness (QED) is 0.790. The Morgan fingerprint density at radius 1 is 1.19 bits per heavy atom. The molecule has 0 bridgehead atoms. The van der Waals surface area contributed by atoms with Gasteiger partial charge in [-0.2, -0.15) is 0 Å². The van der Waals surface area contributed by atoms with E-state index in [2.05, 4.69) is 0 Å². The molecule has 0 saturated carbocycles. The zero-order valence-corrected chi connectivity index (χ0v) is 14.6. The van der Waals surface area contributed by atoms with Crippen LogP contribution in [0, 0.1) is 0 Å². The maximum absolute atomic E-state index is 13.1. The number of aromatic nitrogens is 1. The van der Waals surface area contributed by atoms with Gasteiger partial charge in [0.05, 0.1) is 30.0 Å². The van der Waals surface area contributed by atoms with Gasteiger partial charge in [-0.3, -0.25) is 4.79 Å². The summed E-state index contributed by atoms with van der Waals surface area (Å²) < 4.78 is 5.21. The molecule has 1 aromatic heterocycles. The topological polar surface area (TPSA) is 62.7 Å². The maximum Gasteiger partial charge on any atom is 0.254 e. The third-order valence-corrected chi connectivity index (χ3v) is 4.78. The van der Waals surface area contributed by atoms with Gasteiger partial charge in [-0.05, 0) is 42.8 Å². The fraction of sp³-hybridized carbons (Fsp3) is 0.238. The van der Waals surface area contributed by atoms with Gasteiger partial charge in [0.25, 0.3) is 5.91 Å². The summed E-state index contributed by atoms with van der Waals surface area (Å²) in [5.74, 6) is 0.715. The Labute approximate surface area is 151 Å². The van der Waals surface area contributed by atoms with Crippen LogP contribution >= 0.6 is 0 Å². The highest BCUT2D eigenvalue weighted by atomic mass is 16.5. The third-order valence-electron chi connectivity index (χ3n) is 4.78. The highest BCUT2D eigenvalue weighted by Gasteiger charge is 2.27. The van der Waals surface area contributed by atoms with Crippen molar-refractivity contribution in [3.63, 3.8) is 0 Å². The Kier molecular flexibility index (Phi) is 4.31. The first-order valence-corrected chi connectivity index (χ1v) is 8.67. The van der Waals surface area contributed by atoms with E-state index in [-0.39, 0.29) is 5.91 Å². The second-order valence-electron chi connectivity index (χ2n) is 6.49. The molecule has 2 heterocycles. The average molecular weight is 348 g/mol. The van der Waals surface area contributed by atoms with Crippen LogP contribution in [-0.4, -0.2) is 47.2 Å². The van der Waals surface area contributed by atoms with Crippen molar-refractivity contribution in [3.8, 4) is 17.0 Å². The van der Waals surface area contributed by atoms with Gasteiger partial charge in [-0.1, -0.05) is 18.2 Å². The van der Waals surface area contributed by atoms with Crippen LogP contribution in [-0.2, 0) is 0 Å². The van der Waals surface area contributed by atoms with E-state index < -0.39 is 6.10 Å². The lowest BCUT2D eigenvalue weighted by atomic mass is 10.0. The Morgan fingerprint density at radius 3 is 2.65 bits per heavy atom. The number of hydrogen-bond donors (Lipinski definition) is 1. The van der Waals surface area contributed by atoms with Crippen LogP contribution in [0.3, 0.4) is 0 Å². The van der Waals surface area contributed by atoms with E-state index in [1.54, 1.807) is 12.0 Å². The predicted octanol–water partition coefficient (Wildman–Crippen LogP) is 3.12. The molecule has 0 radical (unpaired) electrons. The van der Waals surface area contributed by atoms with Gasteiger partial charge < -0.3 is 14.7 Å². The number of rotatable bonds is 3. The summed E-state index contributed by atoms with van der Waals surface area (Å²) >= 11 is 0. The van der Waals surface area contributed by atoms with Gasteiger partial charge in [0, 0.05) is 24.0 Å². The molecule has 0 aliphatic carbocycles. The number of aliphatic hydroxyl groups is 1. The van der Waals surface area contributed by atoms with Crippen LogP contribution in [0.5, 0.6) is 5.75 Å². The van der Waals surface area contributed by atoms with Gasteiger partial charge in [-0.25, -0.2) is 4.98 Å². The SMILES string of the molecule is COc1ccc(-c2cc(C(=O)N3CC[C@@H](O)C3)c3ccccc3n2)cc1. The molecule has 1 N–H and O–H groups in total. The van der Waals surface area contributed by atoms with E-state index >= 15 is 0 Å². The molecule has 0 spiro atoms. The van der Waals surface area contributed by atoms with E-state index in [4.69, 9.17) is 9.72 Å². The fourth-order valence-electron chi connectivity index (χ4n) is 3.36. The first kappa shape index (κ1) is 16.5. The van der Waals surface area contributed by atoms with Crippen molar-refractivity contribution < 1.29 is 14.6 Å². The zero-order valence-electron chi connectivity index (χ0n) is 14.6. The van der Waals surface area contributed by atoms with Crippen LogP contribution < -0.4 is 4.74 Å². The molecule has 1 atom stereocenters. The summed E-state index contributed by atoms with van der Waals surface area (Å²) in [5, 5.41) is 10.6. The molecular formula is C21H20N2O3. The van der Waals surface area contributed by atoms with Crippen molar-refractivity contribution in [2.45, 2.75) is 12.5 Å². The molecule has 1 amide bonds. The van der Waals surface area contributed by atoms with E-state index in [1.807, 2.05) is 54.6 Å². The molecule has 1 aliphatic heterocycles. The number of nitrogens with zero attached hydrogens (tertiary/aromatic N) is 2. The zero-order chi connectivity index (χ0) is 18.1. The highest BCUT2D eigenvalue weighted by Crippen LogP contribution is 2.28. The Hall–Kier alpha value is -2.92. The number of β-amino-alcohol motifs (C(OH)–C–C–N with tert-alkyl or cyclic N) is 1.